The number of aromatic nitrogens is 2. The molecule has 1 aliphatic heterocycles. The predicted molar refractivity (Wildman–Crippen MR) is 107 cm³/mol. The zero-order chi connectivity index (χ0) is 21.7. The minimum absolute atomic E-state index is 0.145. The Morgan fingerprint density at radius 1 is 1.03 bits per heavy atom. The van der Waals surface area contributed by atoms with Gasteiger partial charge in [-0.05, 0) is 49.6 Å². The van der Waals surface area contributed by atoms with Crippen LogP contribution in [0.5, 0.6) is 0 Å². The van der Waals surface area contributed by atoms with E-state index in [1.54, 1.807) is 26.0 Å². The largest absolute Gasteiger partial charge is 0.416 e. The average molecular weight is 435 g/mol. The molecule has 2 heterocycles. The molecule has 0 saturated carbocycles. The molecule has 4 rings (SSSR count). The second-order valence-electron chi connectivity index (χ2n) is 7.31. The highest BCUT2D eigenvalue weighted by Gasteiger charge is 2.35. The molecule has 1 aromatic heterocycles. The maximum absolute atomic E-state index is 13.4. The number of sulfonamides is 1. The molecule has 0 amide bonds. The minimum atomic E-state index is -4.40. The van der Waals surface area contributed by atoms with Crippen molar-refractivity contribution in [2.45, 2.75) is 37.9 Å². The van der Waals surface area contributed by atoms with Crippen LogP contribution in [0.4, 0.5) is 18.9 Å². The molecular formula is C21H20F3N3O2S. The monoisotopic (exact) mass is 435 g/mol. The minimum Gasteiger partial charge on any atom is -0.266 e. The first-order chi connectivity index (χ1) is 14.1. The molecule has 0 atom stereocenters. The van der Waals surface area contributed by atoms with E-state index in [2.05, 4.69) is 5.10 Å². The van der Waals surface area contributed by atoms with Crippen molar-refractivity contribution in [3.05, 3.63) is 76.6 Å². The molecule has 0 spiro atoms. The third kappa shape index (κ3) is 3.47. The summed E-state index contributed by atoms with van der Waals surface area (Å²) in [5.41, 5.74) is 2.35. The Bertz CT molecular complexity index is 1200. The number of hydrogen-bond acceptors (Lipinski definition) is 3. The molecule has 0 N–H and O–H groups in total. The summed E-state index contributed by atoms with van der Waals surface area (Å²) in [6.45, 7) is 3.84. The molecule has 0 saturated heterocycles. The third-order valence-corrected chi connectivity index (χ3v) is 7.39. The van der Waals surface area contributed by atoms with E-state index in [1.165, 1.54) is 21.1 Å². The summed E-state index contributed by atoms with van der Waals surface area (Å²) >= 11 is 0. The number of nitrogens with zero attached hydrogens (tertiary/aromatic N) is 3. The van der Waals surface area contributed by atoms with Crippen molar-refractivity contribution < 1.29 is 21.6 Å². The number of benzene rings is 2. The van der Waals surface area contributed by atoms with E-state index >= 15 is 0 Å². The maximum Gasteiger partial charge on any atom is 0.416 e. The Morgan fingerprint density at radius 3 is 2.37 bits per heavy atom. The summed E-state index contributed by atoms with van der Waals surface area (Å²) in [6, 6.07) is 12.2. The van der Waals surface area contributed by atoms with Crippen molar-refractivity contribution in [1.82, 2.24) is 9.78 Å². The van der Waals surface area contributed by atoms with Crippen LogP contribution in [0.1, 0.15) is 28.1 Å². The molecule has 158 valence electrons. The van der Waals surface area contributed by atoms with E-state index in [-0.39, 0.29) is 11.4 Å². The number of para-hydroxylation sites is 1. The van der Waals surface area contributed by atoms with Gasteiger partial charge in [0.15, 0.2) is 0 Å². The SMILES string of the molecule is Cc1nn(Cc2ccc(C(F)(F)F)cc2)c(C)c1S(=O)(=O)N1CCc2ccccc21. The Hall–Kier alpha value is -2.81. The molecule has 2 aromatic carbocycles. The summed E-state index contributed by atoms with van der Waals surface area (Å²) < 4.78 is 68.0. The first-order valence-electron chi connectivity index (χ1n) is 9.40. The zero-order valence-corrected chi connectivity index (χ0v) is 17.3. The van der Waals surface area contributed by atoms with Gasteiger partial charge in [-0.3, -0.25) is 8.99 Å². The molecule has 0 aliphatic carbocycles. The van der Waals surface area contributed by atoms with E-state index in [0.717, 1.165) is 17.7 Å². The second-order valence-corrected chi connectivity index (χ2v) is 9.11. The topological polar surface area (TPSA) is 55.2 Å². The number of anilines is 1. The van der Waals surface area contributed by atoms with Crippen LogP contribution in [0.3, 0.4) is 0 Å². The Labute approximate surface area is 172 Å². The number of rotatable bonds is 4. The van der Waals surface area contributed by atoms with Crippen LogP contribution < -0.4 is 4.31 Å². The van der Waals surface area contributed by atoms with Gasteiger partial charge in [0.1, 0.15) is 4.90 Å². The van der Waals surface area contributed by atoms with Crippen LogP contribution in [0, 0.1) is 13.8 Å². The lowest BCUT2D eigenvalue weighted by atomic mass is 10.1. The molecule has 0 unspecified atom stereocenters. The Kier molecular flexibility index (Phi) is 4.88. The van der Waals surface area contributed by atoms with Gasteiger partial charge in [-0.1, -0.05) is 30.3 Å². The van der Waals surface area contributed by atoms with E-state index in [0.29, 0.717) is 35.6 Å². The highest BCUT2D eigenvalue weighted by molar-refractivity contribution is 7.93. The fourth-order valence-electron chi connectivity index (χ4n) is 3.85. The molecule has 1 aliphatic rings. The fraction of sp³-hybridized carbons (Fsp3) is 0.286. The highest BCUT2D eigenvalue weighted by Crippen LogP contribution is 2.35. The van der Waals surface area contributed by atoms with Crippen LogP contribution >= 0.6 is 0 Å². The standard InChI is InChI=1S/C21H20F3N3O2S/c1-14-20(30(28,29)27-12-11-17-5-3-4-6-19(17)27)15(2)26(25-14)13-16-7-9-18(10-8-16)21(22,23)24/h3-10H,11-13H2,1-2H3. The van der Waals surface area contributed by atoms with Gasteiger partial charge in [-0.15, -0.1) is 0 Å². The first-order valence-corrected chi connectivity index (χ1v) is 10.8. The summed E-state index contributed by atoms with van der Waals surface area (Å²) in [5.74, 6) is 0. The lowest BCUT2D eigenvalue weighted by Crippen LogP contribution is -2.30. The van der Waals surface area contributed by atoms with Crippen molar-refractivity contribution >= 4 is 15.7 Å². The summed E-state index contributed by atoms with van der Waals surface area (Å²) in [7, 11) is -3.81. The van der Waals surface area contributed by atoms with Gasteiger partial charge in [0.25, 0.3) is 10.0 Å². The molecular weight excluding hydrogens is 415 g/mol. The number of halogens is 3. The summed E-state index contributed by atoms with van der Waals surface area (Å²) in [5, 5.41) is 4.36. The number of fused-ring (bicyclic) bond motifs is 1. The van der Waals surface area contributed by atoms with E-state index < -0.39 is 21.8 Å². The molecule has 0 radical (unpaired) electrons. The van der Waals surface area contributed by atoms with Crippen molar-refractivity contribution in [3.8, 4) is 0 Å². The van der Waals surface area contributed by atoms with Crippen molar-refractivity contribution in [2.75, 3.05) is 10.8 Å². The van der Waals surface area contributed by atoms with Crippen LogP contribution in [-0.2, 0) is 29.2 Å². The molecule has 0 bridgehead atoms. The van der Waals surface area contributed by atoms with Gasteiger partial charge < -0.3 is 0 Å². The molecule has 5 nitrogen and oxygen atoms in total. The fourth-order valence-corrected chi connectivity index (χ4v) is 5.73. The van der Waals surface area contributed by atoms with Crippen LogP contribution in [-0.4, -0.2) is 24.7 Å². The number of aryl methyl sites for hydroxylation is 1. The highest BCUT2D eigenvalue weighted by atomic mass is 32.2. The molecule has 30 heavy (non-hydrogen) atoms. The van der Waals surface area contributed by atoms with Crippen molar-refractivity contribution in [3.63, 3.8) is 0 Å². The van der Waals surface area contributed by atoms with Gasteiger partial charge in [-0.25, -0.2) is 8.42 Å². The lowest BCUT2D eigenvalue weighted by molar-refractivity contribution is -0.137. The maximum atomic E-state index is 13.4. The average Bonchev–Trinajstić information content (AvgIpc) is 3.23. The molecule has 9 heteroatoms. The lowest BCUT2D eigenvalue weighted by Gasteiger charge is -2.19. The molecule has 3 aromatic rings. The normalized spacial score (nSPS) is 14.2. The van der Waals surface area contributed by atoms with Gasteiger partial charge >= 0.3 is 6.18 Å². The Morgan fingerprint density at radius 2 is 1.70 bits per heavy atom. The van der Waals surface area contributed by atoms with E-state index in [1.807, 2.05) is 12.1 Å². The summed E-state index contributed by atoms with van der Waals surface area (Å²) in [6.07, 6.45) is -3.75. The number of hydrogen-bond donors (Lipinski definition) is 0. The van der Waals surface area contributed by atoms with Crippen LogP contribution in [0.25, 0.3) is 0 Å². The van der Waals surface area contributed by atoms with Gasteiger partial charge in [0.2, 0.25) is 0 Å². The van der Waals surface area contributed by atoms with Crippen molar-refractivity contribution in [1.29, 1.82) is 0 Å². The second kappa shape index (κ2) is 7.16. The van der Waals surface area contributed by atoms with E-state index in [4.69, 9.17) is 0 Å². The third-order valence-electron chi connectivity index (χ3n) is 5.32. The summed E-state index contributed by atoms with van der Waals surface area (Å²) in [4.78, 5) is 0.145. The smallest absolute Gasteiger partial charge is 0.266 e. The molecule has 0 fully saturated rings. The number of alkyl halides is 3. The van der Waals surface area contributed by atoms with Gasteiger partial charge in [0.05, 0.1) is 29.2 Å². The quantitative estimate of drug-likeness (QED) is 0.613. The first kappa shape index (κ1) is 20.5. The van der Waals surface area contributed by atoms with Crippen LogP contribution in [0.15, 0.2) is 53.4 Å². The zero-order valence-electron chi connectivity index (χ0n) is 16.4. The van der Waals surface area contributed by atoms with Gasteiger partial charge in [-0.2, -0.15) is 18.3 Å². The predicted octanol–water partition coefficient (Wildman–Crippen LogP) is 4.32. The van der Waals surface area contributed by atoms with Gasteiger partial charge in [0, 0.05) is 6.54 Å². The van der Waals surface area contributed by atoms with Crippen molar-refractivity contribution in [2.24, 2.45) is 0 Å². The Balaban J connectivity index is 1.66. The van der Waals surface area contributed by atoms with Crippen LogP contribution in [0.2, 0.25) is 0 Å². The van der Waals surface area contributed by atoms with E-state index in [9.17, 15) is 21.6 Å².